The maximum atomic E-state index is 11.5. The fourth-order valence-electron chi connectivity index (χ4n) is 3.00. The van der Waals surface area contributed by atoms with Crippen molar-refractivity contribution in [1.29, 1.82) is 0 Å². The van der Waals surface area contributed by atoms with Crippen LogP contribution in [0, 0.1) is 0 Å². The molecule has 0 aromatic carbocycles. The molecule has 4 heteroatoms. The number of hydrogen-bond acceptors (Lipinski definition) is 2. The molecule has 0 heterocycles. The monoisotopic (exact) mass is 271 g/mol. The van der Waals surface area contributed by atoms with E-state index in [9.17, 15) is 4.79 Å². The molecule has 1 atom stereocenters. The second-order valence-corrected chi connectivity index (χ2v) is 11.2. The van der Waals surface area contributed by atoms with Gasteiger partial charge in [-0.1, -0.05) is 53.7 Å². The van der Waals surface area contributed by atoms with Crippen molar-refractivity contribution in [1.82, 2.24) is 0 Å². The van der Waals surface area contributed by atoms with E-state index in [2.05, 4.69) is 41.5 Å². The maximum Gasteiger partial charge on any atom is 0.249 e. The van der Waals surface area contributed by atoms with E-state index in [4.69, 9.17) is 10.2 Å². The molecule has 3 nitrogen and oxygen atoms in total. The van der Waals surface area contributed by atoms with Crippen LogP contribution in [0.4, 0.5) is 0 Å². The molecule has 0 aliphatic rings. The number of hydrogen-bond donors (Lipinski definition) is 1. The molecule has 0 saturated carbocycles. The fraction of sp³-hybridized carbons (Fsp3) is 0.786. The highest BCUT2D eigenvalue weighted by atomic mass is 28.4. The molecule has 0 fully saturated rings. The van der Waals surface area contributed by atoms with E-state index in [0.29, 0.717) is 16.6 Å². The van der Waals surface area contributed by atoms with E-state index >= 15 is 0 Å². The number of primary amides is 1. The standard InChI is InChI=1S/C14H29NO2Si/c1-8-9-13(14(15)16)17-18(10(2)3,11(4)5)12(6)7/h8-13H,1-7H3,(H2,15,16)/b9-8+/t13-/m1/s1. The third kappa shape index (κ3) is 3.69. The van der Waals surface area contributed by atoms with E-state index in [0.717, 1.165) is 0 Å². The second-order valence-electron chi connectivity index (χ2n) is 5.78. The number of nitrogens with two attached hydrogens (primary N) is 1. The van der Waals surface area contributed by atoms with Crippen LogP contribution in [0.5, 0.6) is 0 Å². The van der Waals surface area contributed by atoms with Crippen molar-refractivity contribution in [3.8, 4) is 0 Å². The van der Waals surface area contributed by atoms with Gasteiger partial charge in [-0.2, -0.15) is 0 Å². The van der Waals surface area contributed by atoms with Gasteiger partial charge in [0.25, 0.3) is 0 Å². The summed E-state index contributed by atoms with van der Waals surface area (Å²) < 4.78 is 6.30. The lowest BCUT2D eigenvalue weighted by molar-refractivity contribution is -0.123. The summed E-state index contributed by atoms with van der Waals surface area (Å²) in [7, 11) is -2.04. The Kier molecular flexibility index (Phi) is 6.85. The molecule has 0 bridgehead atoms. The van der Waals surface area contributed by atoms with Crippen LogP contribution in [-0.2, 0) is 9.22 Å². The summed E-state index contributed by atoms with van der Waals surface area (Å²) in [6, 6.07) is 0. The highest BCUT2D eigenvalue weighted by Crippen LogP contribution is 2.43. The zero-order valence-corrected chi connectivity index (χ0v) is 13.9. The minimum absolute atomic E-state index is 0.396. The quantitative estimate of drug-likeness (QED) is 0.568. The number of carbonyl (C=O) groups is 1. The minimum atomic E-state index is -2.04. The summed E-state index contributed by atoms with van der Waals surface area (Å²) in [6.07, 6.45) is 3.00. The number of rotatable bonds is 7. The van der Waals surface area contributed by atoms with Gasteiger partial charge < -0.3 is 10.2 Å². The summed E-state index contributed by atoms with van der Waals surface area (Å²) in [5, 5.41) is 0. The Balaban J connectivity index is 5.39. The van der Waals surface area contributed by atoms with Crippen molar-refractivity contribution >= 4 is 14.2 Å². The largest absolute Gasteiger partial charge is 0.401 e. The molecule has 0 aliphatic heterocycles. The molecule has 0 aliphatic carbocycles. The topological polar surface area (TPSA) is 52.3 Å². The summed E-state index contributed by atoms with van der Waals surface area (Å²) >= 11 is 0. The smallest absolute Gasteiger partial charge is 0.249 e. The molecule has 0 spiro atoms. The Morgan fingerprint density at radius 1 is 1.06 bits per heavy atom. The lowest BCUT2D eigenvalue weighted by Gasteiger charge is -2.43. The molecule has 0 aromatic heterocycles. The Bertz CT molecular complexity index is 276. The van der Waals surface area contributed by atoms with Crippen LogP contribution in [0.15, 0.2) is 12.2 Å². The molecule has 0 radical (unpaired) electrons. The van der Waals surface area contributed by atoms with E-state index < -0.39 is 20.3 Å². The van der Waals surface area contributed by atoms with Crippen LogP contribution in [-0.4, -0.2) is 20.3 Å². The molecule has 1 amide bonds. The number of amides is 1. The van der Waals surface area contributed by atoms with Crippen molar-refractivity contribution < 1.29 is 9.22 Å². The van der Waals surface area contributed by atoms with Crippen molar-refractivity contribution in [2.75, 3.05) is 0 Å². The van der Waals surface area contributed by atoms with Crippen LogP contribution in [0.25, 0.3) is 0 Å². The lowest BCUT2D eigenvalue weighted by Crippen LogP contribution is -2.52. The summed E-state index contributed by atoms with van der Waals surface area (Å²) in [5.74, 6) is -0.396. The van der Waals surface area contributed by atoms with Gasteiger partial charge in [-0.05, 0) is 23.5 Å². The number of allylic oxidation sites excluding steroid dienone is 1. The molecule has 0 unspecified atom stereocenters. The third-order valence-electron chi connectivity index (χ3n) is 3.69. The molecule has 18 heavy (non-hydrogen) atoms. The normalized spacial score (nSPS) is 15.0. The first-order chi connectivity index (χ1) is 8.20. The van der Waals surface area contributed by atoms with Crippen LogP contribution in [0.1, 0.15) is 48.5 Å². The van der Waals surface area contributed by atoms with Crippen LogP contribution < -0.4 is 5.73 Å². The van der Waals surface area contributed by atoms with Gasteiger partial charge in [0.05, 0.1) is 0 Å². The first-order valence-corrected chi connectivity index (χ1v) is 8.94. The van der Waals surface area contributed by atoms with Gasteiger partial charge in [0.15, 0.2) is 0 Å². The minimum Gasteiger partial charge on any atom is -0.401 e. The zero-order valence-electron chi connectivity index (χ0n) is 12.9. The molecule has 0 aromatic rings. The van der Waals surface area contributed by atoms with Gasteiger partial charge in [-0.3, -0.25) is 4.79 Å². The van der Waals surface area contributed by atoms with Gasteiger partial charge in [-0.25, -0.2) is 0 Å². The van der Waals surface area contributed by atoms with E-state index in [1.54, 1.807) is 6.08 Å². The maximum absolute atomic E-state index is 11.5. The van der Waals surface area contributed by atoms with Gasteiger partial charge in [0.1, 0.15) is 6.10 Å². The van der Waals surface area contributed by atoms with Crippen LogP contribution in [0.2, 0.25) is 16.6 Å². The van der Waals surface area contributed by atoms with Crippen LogP contribution in [0.3, 0.4) is 0 Å². The van der Waals surface area contributed by atoms with E-state index in [-0.39, 0.29) is 0 Å². The Hall–Kier alpha value is -0.613. The molecule has 0 saturated heterocycles. The fourth-order valence-corrected chi connectivity index (χ4v) is 8.45. The third-order valence-corrected chi connectivity index (χ3v) is 9.76. The van der Waals surface area contributed by atoms with Crippen molar-refractivity contribution in [2.24, 2.45) is 5.73 Å². The molecular formula is C14H29NO2Si. The van der Waals surface area contributed by atoms with Crippen molar-refractivity contribution in [2.45, 2.75) is 71.2 Å². The van der Waals surface area contributed by atoms with E-state index in [1.807, 2.05) is 13.0 Å². The van der Waals surface area contributed by atoms with Crippen molar-refractivity contribution in [3.05, 3.63) is 12.2 Å². The molecule has 0 rings (SSSR count). The average molecular weight is 271 g/mol. The summed E-state index contributed by atoms with van der Waals surface area (Å²) in [5.41, 5.74) is 6.78. The first-order valence-electron chi connectivity index (χ1n) is 6.80. The predicted molar refractivity (Wildman–Crippen MR) is 79.9 cm³/mol. The molecular weight excluding hydrogens is 242 g/mol. The van der Waals surface area contributed by atoms with Gasteiger partial charge in [0.2, 0.25) is 14.2 Å². The zero-order chi connectivity index (χ0) is 14.5. The van der Waals surface area contributed by atoms with Gasteiger partial charge in [-0.15, -0.1) is 0 Å². The van der Waals surface area contributed by atoms with Crippen molar-refractivity contribution in [3.63, 3.8) is 0 Å². The Morgan fingerprint density at radius 3 is 1.67 bits per heavy atom. The predicted octanol–water partition coefficient (Wildman–Crippen LogP) is 3.61. The average Bonchev–Trinajstić information content (AvgIpc) is 2.21. The lowest BCUT2D eigenvalue weighted by atomic mass is 10.3. The molecule has 2 N–H and O–H groups in total. The Labute approximate surface area is 113 Å². The highest BCUT2D eigenvalue weighted by molar-refractivity contribution is 6.77. The van der Waals surface area contributed by atoms with Crippen LogP contribution >= 0.6 is 0 Å². The SMILES string of the molecule is C/C=C/[C@@H](O[Si](C(C)C)(C(C)C)C(C)C)C(N)=O. The van der Waals surface area contributed by atoms with Gasteiger partial charge in [0, 0.05) is 0 Å². The first kappa shape index (κ1) is 17.4. The summed E-state index contributed by atoms with van der Waals surface area (Å²) in [6.45, 7) is 15.0. The van der Waals surface area contributed by atoms with Gasteiger partial charge >= 0.3 is 0 Å². The van der Waals surface area contributed by atoms with E-state index in [1.165, 1.54) is 0 Å². The number of carbonyl (C=O) groups excluding carboxylic acids is 1. The second kappa shape index (κ2) is 7.09. The summed E-state index contributed by atoms with van der Waals surface area (Å²) in [4.78, 5) is 11.5. The Morgan fingerprint density at radius 2 is 1.44 bits per heavy atom. The molecule has 106 valence electrons. The highest BCUT2D eigenvalue weighted by Gasteiger charge is 2.47.